The first kappa shape index (κ1) is 13.6. The molecule has 0 aromatic heterocycles. The third kappa shape index (κ3) is 3.53. The molecule has 0 heterocycles. The zero-order valence-corrected chi connectivity index (χ0v) is 10.6. The standard InChI is InChI=1S/C12H13ClFNO2/c1-7(16)9-5-4-8(6-10(9)13)15-11(17)12(2,3)14/h4-6H,1-3H3,(H,15,17). The Morgan fingerprint density at radius 1 is 1.35 bits per heavy atom. The van der Waals surface area contributed by atoms with E-state index in [1.807, 2.05) is 0 Å². The van der Waals surface area contributed by atoms with E-state index in [-0.39, 0.29) is 10.8 Å². The van der Waals surface area contributed by atoms with Crippen molar-refractivity contribution in [1.29, 1.82) is 0 Å². The number of amides is 1. The summed E-state index contributed by atoms with van der Waals surface area (Å²) in [4.78, 5) is 22.5. The minimum absolute atomic E-state index is 0.168. The fourth-order valence-corrected chi connectivity index (χ4v) is 1.47. The number of benzene rings is 1. The Kier molecular flexibility index (Phi) is 3.88. The summed E-state index contributed by atoms with van der Waals surface area (Å²) >= 11 is 5.86. The lowest BCUT2D eigenvalue weighted by atomic mass is 10.1. The molecule has 1 amide bonds. The van der Waals surface area contributed by atoms with Crippen LogP contribution in [0.1, 0.15) is 31.1 Å². The molecule has 1 aromatic carbocycles. The van der Waals surface area contributed by atoms with Crippen LogP contribution in [0.25, 0.3) is 0 Å². The van der Waals surface area contributed by atoms with Gasteiger partial charge in [0.15, 0.2) is 11.5 Å². The van der Waals surface area contributed by atoms with E-state index >= 15 is 0 Å². The lowest BCUT2D eigenvalue weighted by Crippen LogP contribution is -2.32. The zero-order valence-electron chi connectivity index (χ0n) is 9.80. The molecule has 0 aliphatic carbocycles. The summed E-state index contributed by atoms with van der Waals surface area (Å²) in [7, 11) is 0. The number of ketones is 1. The third-order valence-corrected chi connectivity index (χ3v) is 2.46. The number of Topliss-reactive ketones (excluding diaryl/α,β-unsaturated/α-hetero) is 1. The van der Waals surface area contributed by atoms with E-state index in [9.17, 15) is 14.0 Å². The van der Waals surface area contributed by atoms with Gasteiger partial charge in [-0.15, -0.1) is 0 Å². The summed E-state index contributed by atoms with van der Waals surface area (Å²) in [6.45, 7) is 3.71. The van der Waals surface area contributed by atoms with Crippen LogP contribution in [0.15, 0.2) is 18.2 Å². The highest BCUT2D eigenvalue weighted by atomic mass is 35.5. The average molecular weight is 258 g/mol. The molecule has 0 unspecified atom stereocenters. The maximum atomic E-state index is 13.3. The largest absolute Gasteiger partial charge is 0.323 e. The fourth-order valence-electron chi connectivity index (χ4n) is 1.16. The third-order valence-electron chi connectivity index (χ3n) is 2.15. The van der Waals surface area contributed by atoms with Crippen molar-refractivity contribution < 1.29 is 14.0 Å². The first-order valence-corrected chi connectivity index (χ1v) is 5.40. The van der Waals surface area contributed by atoms with Crippen molar-refractivity contribution in [3.63, 3.8) is 0 Å². The van der Waals surface area contributed by atoms with Crippen molar-refractivity contribution in [3.8, 4) is 0 Å². The molecule has 0 saturated heterocycles. The van der Waals surface area contributed by atoms with Crippen LogP contribution in [0.2, 0.25) is 5.02 Å². The molecular weight excluding hydrogens is 245 g/mol. The molecule has 1 rings (SSSR count). The molecule has 0 bridgehead atoms. The van der Waals surface area contributed by atoms with Gasteiger partial charge in [-0.05, 0) is 39.0 Å². The molecular formula is C12H13ClFNO2. The van der Waals surface area contributed by atoms with Gasteiger partial charge in [-0.2, -0.15) is 0 Å². The Hall–Kier alpha value is -1.42. The topological polar surface area (TPSA) is 46.2 Å². The van der Waals surface area contributed by atoms with Crippen LogP contribution < -0.4 is 5.32 Å². The number of halogens is 2. The van der Waals surface area contributed by atoms with Gasteiger partial charge in [0.05, 0.1) is 5.02 Å². The van der Waals surface area contributed by atoms with Crippen LogP contribution in [0, 0.1) is 0 Å². The zero-order chi connectivity index (χ0) is 13.2. The van der Waals surface area contributed by atoms with Crippen molar-refractivity contribution in [3.05, 3.63) is 28.8 Å². The molecule has 0 atom stereocenters. The number of carbonyl (C=O) groups is 2. The quantitative estimate of drug-likeness (QED) is 0.845. The van der Waals surface area contributed by atoms with Gasteiger partial charge < -0.3 is 5.32 Å². The maximum absolute atomic E-state index is 13.3. The highest BCUT2D eigenvalue weighted by Gasteiger charge is 2.26. The van der Waals surface area contributed by atoms with Gasteiger partial charge in [0.1, 0.15) is 0 Å². The molecule has 3 nitrogen and oxygen atoms in total. The minimum Gasteiger partial charge on any atom is -0.323 e. The van der Waals surface area contributed by atoms with Crippen LogP contribution in [-0.4, -0.2) is 17.4 Å². The second kappa shape index (κ2) is 4.84. The Balaban J connectivity index is 2.92. The Bertz CT molecular complexity index is 466. The van der Waals surface area contributed by atoms with E-state index in [0.29, 0.717) is 11.3 Å². The van der Waals surface area contributed by atoms with Crippen LogP contribution in [0.5, 0.6) is 0 Å². The SMILES string of the molecule is CC(=O)c1ccc(NC(=O)C(C)(C)F)cc1Cl. The minimum atomic E-state index is -1.97. The van der Waals surface area contributed by atoms with E-state index in [2.05, 4.69) is 5.32 Å². The monoisotopic (exact) mass is 257 g/mol. The van der Waals surface area contributed by atoms with Crippen LogP contribution in [-0.2, 0) is 4.79 Å². The van der Waals surface area contributed by atoms with Crippen molar-refractivity contribution >= 4 is 29.0 Å². The Morgan fingerprint density at radius 2 is 1.94 bits per heavy atom. The molecule has 0 radical (unpaired) electrons. The highest BCUT2D eigenvalue weighted by molar-refractivity contribution is 6.34. The molecule has 5 heteroatoms. The Morgan fingerprint density at radius 3 is 2.35 bits per heavy atom. The first-order valence-electron chi connectivity index (χ1n) is 5.02. The van der Waals surface area contributed by atoms with E-state index in [4.69, 9.17) is 11.6 Å². The van der Waals surface area contributed by atoms with E-state index in [1.165, 1.54) is 25.1 Å². The smallest absolute Gasteiger partial charge is 0.261 e. The molecule has 0 spiro atoms. The van der Waals surface area contributed by atoms with Gasteiger partial charge >= 0.3 is 0 Å². The summed E-state index contributed by atoms with van der Waals surface area (Å²) in [6, 6.07) is 4.42. The number of nitrogens with one attached hydrogen (secondary N) is 1. The van der Waals surface area contributed by atoms with Crippen LogP contribution in [0.3, 0.4) is 0 Å². The van der Waals surface area contributed by atoms with Gasteiger partial charge in [-0.25, -0.2) is 4.39 Å². The van der Waals surface area contributed by atoms with Crippen molar-refractivity contribution in [1.82, 2.24) is 0 Å². The van der Waals surface area contributed by atoms with Crippen molar-refractivity contribution in [2.24, 2.45) is 0 Å². The summed E-state index contributed by atoms with van der Waals surface area (Å²) < 4.78 is 13.3. The van der Waals surface area contributed by atoms with Gasteiger partial charge in [0.25, 0.3) is 5.91 Å². The molecule has 0 saturated carbocycles. The number of rotatable bonds is 3. The van der Waals surface area contributed by atoms with Gasteiger partial charge in [-0.3, -0.25) is 9.59 Å². The summed E-state index contributed by atoms with van der Waals surface area (Å²) in [5.41, 5.74) is -1.24. The number of hydrogen-bond donors (Lipinski definition) is 1. The number of anilines is 1. The lowest BCUT2D eigenvalue weighted by Gasteiger charge is -2.14. The highest BCUT2D eigenvalue weighted by Crippen LogP contribution is 2.22. The van der Waals surface area contributed by atoms with Crippen LogP contribution >= 0.6 is 11.6 Å². The van der Waals surface area contributed by atoms with Crippen molar-refractivity contribution in [2.75, 3.05) is 5.32 Å². The first-order chi connectivity index (χ1) is 7.71. The predicted molar refractivity (Wildman–Crippen MR) is 65.3 cm³/mol. The normalized spacial score (nSPS) is 11.1. The lowest BCUT2D eigenvalue weighted by molar-refractivity contribution is -0.125. The second-order valence-electron chi connectivity index (χ2n) is 4.18. The molecule has 1 aromatic rings. The fraction of sp³-hybridized carbons (Fsp3) is 0.333. The second-order valence-corrected chi connectivity index (χ2v) is 4.58. The number of alkyl halides is 1. The maximum Gasteiger partial charge on any atom is 0.261 e. The van der Waals surface area contributed by atoms with Gasteiger partial charge in [0, 0.05) is 11.3 Å². The molecule has 0 aliphatic rings. The molecule has 0 fully saturated rings. The summed E-state index contributed by atoms with van der Waals surface area (Å²) in [5, 5.41) is 2.61. The van der Waals surface area contributed by atoms with E-state index in [0.717, 1.165) is 13.8 Å². The molecule has 17 heavy (non-hydrogen) atoms. The van der Waals surface area contributed by atoms with E-state index in [1.54, 1.807) is 0 Å². The molecule has 92 valence electrons. The number of hydrogen-bond acceptors (Lipinski definition) is 2. The Labute approximate surface area is 104 Å². The number of carbonyl (C=O) groups excluding carboxylic acids is 2. The molecule has 1 N–H and O–H groups in total. The van der Waals surface area contributed by atoms with E-state index < -0.39 is 11.6 Å². The molecule has 0 aliphatic heterocycles. The summed E-state index contributed by atoms with van der Waals surface area (Å²) in [5.74, 6) is -0.928. The van der Waals surface area contributed by atoms with Gasteiger partial charge in [0.2, 0.25) is 0 Å². The van der Waals surface area contributed by atoms with Crippen LogP contribution in [0.4, 0.5) is 10.1 Å². The van der Waals surface area contributed by atoms with Crippen molar-refractivity contribution in [2.45, 2.75) is 26.4 Å². The summed E-state index contributed by atoms with van der Waals surface area (Å²) in [6.07, 6.45) is 0. The predicted octanol–water partition coefficient (Wildman–Crippen LogP) is 3.23. The average Bonchev–Trinajstić information content (AvgIpc) is 2.15. The van der Waals surface area contributed by atoms with Gasteiger partial charge in [-0.1, -0.05) is 11.6 Å².